The van der Waals surface area contributed by atoms with Crippen molar-refractivity contribution >= 4 is 34.8 Å². The molecular weight excluding hydrogens is 252 g/mol. The summed E-state index contributed by atoms with van der Waals surface area (Å²) < 4.78 is 0. The van der Waals surface area contributed by atoms with Crippen LogP contribution in [-0.2, 0) is 9.59 Å². The average molecular weight is 267 g/mol. The van der Waals surface area contributed by atoms with Gasteiger partial charge in [0.15, 0.2) is 0 Å². The lowest BCUT2D eigenvalue weighted by Gasteiger charge is -2.19. The normalized spacial score (nSPS) is 14.9. The molecule has 0 atom stereocenters. The van der Waals surface area contributed by atoms with Gasteiger partial charge in [0.05, 0.1) is 11.4 Å². The second kappa shape index (κ2) is 5.87. The molecule has 4 nitrogen and oxygen atoms in total. The average Bonchev–Trinajstić information content (AvgIpc) is 2.76. The zero-order valence-corrected chi connectivity index (χ0v) is 10.7. The molecule has 0 saturated carbocycles. The van der Waals surface area contributed by atoms with Crippen LogP contribution >= 0.6 is 11.6 Å². The number of alkyl halides is 1. The molecule has 1 aromatic carbocycles. The molecule has 1 aliphatic heterocycles. The van der Waals surface area contributed by atoms with Gasteiger partial charge in [0, 0.05) is 25.3 Å². The maximum Gasteiger partial charge on any atom is 0.227 e. The second-order valence-corrected chi connectivity index (χ2v) is 4.53. The molecule has 2 rings (SSSR count). The van der Waals surface area contributed by atoms with E-state index in [4.69, 9.17) is 11.6 Å². The Morgan fingerprint density at radius 2 is 2.17 bits per heavy atom. The topological polar surface area (TPSA) is 49.4 Å². The van der Waals surface area contributed by atoms with E-state index in [0.29, 0.717) is 18.7 Å². The molecule has 5 heteroatoms. The fraction of sp³-hybridized carbons (Fsp3) is 0.385. The molecule has 1 aliphatic rings. The number of rotatable bonds is 4. The van der Waals surface area contributed by atoms with Crippen LogP contribution in [0.5, 0.6) is 0 Å². The van der Waals surface area contributed by atoms with Crippen LogP contribution in [0.4, 0.5) is 11.4 Å². The molecule has 1 fully saturated rings. The van der Waals surface area contributed by atoms with Gasteiger partial charge in [-0.1, -0.05) is 12.1 Å². The zero-order chi connectivity index (χ0) is 13.0. The zero-order valence-electron chi connectivity index (χ0n) is 9.99. The number of benzene rings is 1. The molecule has 18 heavy (non-hydrogen) atoms. The van der Waals surface area contributed by atoms with E-state index in [9.17, 15) is 9.59 Å². The lowest BCUT2D eigenvalue weighted by molar-refractivity contribution is -0.117. The van der Waals surface area contributed by atoms with Crippen molar-refractivity contribution in [3.63, 3.8) is 0 Å². The lowest BCUT2D eigenvalue weighted by Crippen LogP contribution is -2.25. The molecule has 1 N–H and O–H groups in total. The van der Waals surface area contributed by atoms with Gasteiger partial charge < -0.3 is 10.2 Å². The van der Waals surface area contributed by atoms with E-state index in [1.165, 1.54) is 0 Å². The molecule has 0 aliphatic carbocycles. The fourth-order valence-electron chi connectivity index (χ4n) is 2.02. The van der Waals surface area contributed by atoms with Crippen molar-refractivity contribution in [1.82, 2.24) is 0 Å². The summed E-state index contributed by atoms with van der Waals surface area (Å²) in [6.07, 6.45) is 1.70. The molecule has 2 amide bonds. The van der Waals surface area contributed by atoms with E-state index in [2.05, 4.69) is 5.32 Å². The molecule has 1 aromatic rings. The van der Waals surface area contributed by atoms with Crippen LogP contribution in [-0.4, -0.2) is 24.2 Å². The highest BCUT2D eigenvalue weighted by Crippen LogP contribution is 2.29. The summed E-state index contributed by atoms with van der Waals surface area (Å²) in [4.78, 5) is 25.0. The molecular formula is C13H15ClN2O2. The van der Waals surface area contributed by atoms with Gasteiger partial charge in [-0.2, -0.15) is 0 Å². The summed E-state index contributed by atoms with van der Waals surface area (Å²) in [5.74, 6) is 0.259. The van der Waals surface area contributed by atoms with Gasteiger partial charge in [-0.3, -0.25) is 9.59 Å². The molecule has 0 spiro atoms. The van der Waals surface area contributed by atoms with Gasteiger partial charge in [-0.05, 0) is 18.6 Å². The Morgan fingerprint density at radius 1 is 1.39 bits per heavy atom. The summed E-state index contributed by atoms with van der Waals surface area (Å²) in [6.45, 7) is 0.710. The number of anilines is 2. The van der Waals surface area contributed by atoms with E-state index < -0.39 is 0 Å². The van der Waals surface area contributed by atoms with Gasteiger partial charge in [-0.15, -0.1) is 11.6 Å². The SMILES string of the molecule is O=C(CCCl)Nc1ccccc1N1CCCC1=O. The van der Waals surface area contributed by atoms with Gasteiger partial charge in [0.2, 0.25) is 11.8 Å². The highest BCUT2D eigenvalue weighted by atomic mass is 35.5. The third-order valence-corrected chi connectivity index (χ3v) is 3.05. The summed E-state index contributed by atoms with van der Waals surface area (Å²) in [5.41, 5.74) is 1.44. The van der Waals surface area contributed by atoms with Crippen LogP contribution in [0.25, 0.3) is 0 Å². The van der Waals surface area contributed by atoms with Crippen LogP contribution in [0.3, 0.4) is 0 Å². The van der Waals surface area contributed by atoms with Crippen LogP contribution in [0.2, 0.25) is 0 Å². The fourth-order valence-corrected chi connectivity index (χ4v) is 2.19. The first kappa shape index (κ1) is 12.9. The Bertz CT molecular complexity index is 462. The lowest BCUT2D eigenvalue weighted by atomic mass is 10.2. The van der Waals surface area contributed by atoms with Gasteiger partial charge in [0.1, 0.15) is 0 Å². The largest absolute Gasteiger partial charge is 0.324 e. The first-order valence-electron chi connectivity index (χ1n) is 5.97. The standard InChI is InChI=1S/C13H15ClN2O2/c14-8-7-12(17)15-10-4-1-2-5-11(10)16-9-3-6-13(16)18/h1-2,4-5H,3,6-9H2,(H,15,17). The van der Waals surface area contributed by atoms with E-state index in [1.807, 2.05) is 18.2 Å². The molecule has 0 aromatic heterocycles. The number of amides is 2. The Labute approximate surface area is 111 Å². The van der Waals surface area contributed by atoms with Crippen LogP contribution in [0, 0.1) is 0 Å². The maximum atomic E-state index is 11.7. The Hall–Kier alpha value is -1.55. The predicted molar refractivity (Wildman–Crippen MR) is 72.0 cm³/mol. The number of carbonyl (C=O) groups excluding carboxylic acids is 2. The van der Waals surface area contributed by atoms with E-state index in [1.54, 1.807) is 11.0 Å². The van der Waals surface area contributed by atoms with Crippen molar-refractivity contribution in [2.24, 2.45) is 0 Å². The second-order valence-electron chi connectivity index (χ2n) is 4.15. The number of hydrogen-bond acceptors (Lipinski definition) is 2. The third kappa shape index (κ3) is 2.82. The Morgan fingerprint density at radius 3 is 2.83 bits per heavy atom. The van der Waals surface area contributed by atoms with Crippen LogP contribution in [0.15, 0.2) is 24.3 Å². The minimum absolute atomic E-state index is 0.106. The third-order valence-electron chi connectivity index (χ3n) is 2.86. The van der Waals surface area contributed by atoms with Crippen molar-refractivity contribution < 1.29 is 9.59 Å². The summed E-state index contributed by atoms with van der Waals surface area (Å²) in [7, 11) is 0. The number of nitrogens with zero attached hydrogens (tertiary/aromatic N) is 1. The molecule has 0 unspecified atom stereocenters. The quantitative estimate of drug-likeness (QED) is 0.851. The van der Waals surface area contributed by atoms with Crippen LogP contribution < -0.4 is 10.2 Å². The highest BCUT2D eigenvalue weighted by molar-refractivity contribution is 6.19. The van der Waals surface area contributed by atoms with Crippen molar-refractivity contribution in [2.45, 2.75) is 19.3 Å². The van der Waals surface area contributed by atoms with Crippen molar-refractivity contribution in [3.05, 3.63) is 24.3 Å². The summed E-state index contributed by atoms with van der Waals surface area (Å²) in [5, 5.41) is 2.79. The molecule has 0 bridgehead atoms. The number of halogens is 1. The number of nitrogens with one attached hydrogen (secondary N) is 1. The van der Waals surface area contributed by atoms with E-state index in [-0.39, 0.29) is 24.1 Å². The Kier molecular flexibility index (Phi) is 4.20. The smallest absolute Gasteiger partial charge is 0.227 e. The first-order valence-corrected chi connectivity index (χ1v) is 6.51. The van der Waals surface area contributed by atoms with Crippen LogP contribution in [0.1, 0.15) is 19.3 Å². The monoisotopic (exact) mass is 266 g/mol. The van der Waals surface area contributed by atoms with E-state index in [0.717, 1.165) is 12.1 Å². The molecule has 1 heterocycles. The van der Waals surface area contributed by atoms with E-state index >= 15 is 0 Å². The van der Waals surface area contributed by atoms with Crippen molar-refractivity contribution in [2.75, 3.05) is 22.6 Å². The van der Waals surface area contributed by atoms with Gasteiger partial charge in [-0.25, -0.2) is 0 Å². The first-order chi connectivity index (χ1) is 8.72. The predicted octanol–water partition coefficient (Wildman–Crippen LogP) is 2.38. The summed E-state index contributed by atoms with van der Waals surface area (Å²) in [6, 6.07) is 7.34. The van der Waals surface area contributed by atoms with Gasteiger partial charge >= 0.3 is 0 Å². The summed E-state index contributed by atoms with van der Waals surface area (Å²) >= 11 is 5.53. The van der Waals surface area contributed by atoms with Crippen molar-refractivity contribution in [1.29, 1.82) is 0 Å². The Balaban J connectivity index is 2.20. The minimum Gasteiger partial charge on any atom is -0.324 e. The molecule has 96 valence electrons. The van der Waals surface area contributed by atoms with Gasteiger partial charge in [0.25, 0.3) is 0 Å². The number of carbonyl (C=O) groups is 2. The molecule has 0 radical (unpaired) electrons. The number of para-hydroxylation sites is 2. The van der Waals surface area contributed by atoms with Crippen molar-refractivity contribution in [3.8, 4) is 0 Å². The minimum atomic E-state index is -0.135. The highest BCUT2D eigenvalue weighted by Gasteiger charge is 2.23. The maximum absolute atomic E-state index is 11.7. The molecule has 1 saturated heterocycles. The number of hydrogen-bond donors (Lipinski definition) is 1.